The Morgan fingerprint density at radius 1 is 1.14 bits per heavy atom. The minimum atomic E-state index is -0.0810. The quantitative estimate of drug-likeness (QED) is 0.927. The fraction of sp³-hybridized carbons (Fsp3) is 0.316. The first-order valence-electron chi connectivity index (χ1n) is 7.48. The summed E-state index contributed by atoms with van der Waals surface area (Å²) in [5.74, 6) is 0.279. The van der Waals surface area contributed by atoms with E-state index in [0.29, 0.717) is 6.42 Å². The summed E-state index contributed by atoms with van der Waals surface area (Å²) < 4.78 is 0. The second-order valence-corrected chi connectivity index (χ2v) is 6.08. The van der Waals surface area contributed by atoms with E-state index in [2.05, 4.69) is 44.3 Å². The average Bonchev–Trinajstić information content (AvgIpc) is 2.86. The Labute approximate surface area is 126 Å². The standard InChI is InChI=1S/C19H21NO/c1-12-8-13(2)16(14(3)9-12)11-19(21)18-10-15-6-4-5-7-17(15)20-18/h4-9,18,20H,10-11H2,1-3H3. The molecule has 0 radical (unpaired) electrons. The van der Waals surface area contributed by atoms with Crippen molar-refractivity contribution in [2.45, 2.75) is 39.7 Å². The van der Waals surface area contributed by atoms with Crippen LogP contribution in [0.25, 0.3) is 0 Å². The summed E-state index contributed by atoms with van der Waals surface area (Å²) in [5.41, 5.74) is 7.23. The van der Waals surface area contributed by atoms with E-state index in [1.165, 1.54) is 27.8 Å². The summed E-state index contributed by atoms with van der Waals surface area (Å²) in [6.45, 7) is 6.29. The fourth-order valence-corrected chi connectivity index (χ4v) is 3.28. The lowest BCUT2D eigenvalue weighted by Gasteiger charge is -2.14. The van der Waals surface area contributed by atoms with Gasteiger partial charge >= 0.3 is 0 Å². The van der Waals surface area contributed by atoms with E-state index in [9.17, 15) is 4.79 Å². The summed E-state index contributed by atoms with van der Waals surface area (Å²) in [6, 6.07) is 12.4. The number of anilines is 1. The number of para-hydroxylation sites is 1. The van der Waals surface area contributed by atoms with E-state index in [1.807, 2.05) is 18.2 Å². The van der Waals surface area contributed by atoms with Crippen molar-refractivity contribution in [3.63, 3.8) is 0 Å². The van der Waals surface area contributed by atoms with Gasteiger partial charge in [-0.2, -0.15) is 0 Å². The molecule has 0 fully saturated rings. The lowest BCUT2D eigenvalue weighted by Crippen LogP contribution is -2.29. The van der Waals surface area contributed by atoms with E-state index in [1.54, 1.807) is 0 Å². The van der Waals surface area contributed by atoms with Gasteiger partial charge in [0.15, 0.2) is 5.78 Å². The van der Waals surface area contributed by atoms with Crippen molar-refractivity contribution in [1.29, 1.82) is 0 Å². The highest BCUT2D eigenvalue weighted by molar-refractivity contribution is 5.91. The van der Waals surface area contributed by atoms with Crippen LogP contribution in [0.5, 0.6) is 0 Å². The number of hydrogen-bond donors (Lipinski definition) is 1. The molecule has 0 aliphatic carbocycles. The van der Waals surface area contributed by atoms with Gasteiger partial charge in [0.2, 0.25) is 0 Å². The first-order chi connectivity index (χ1) is 10.0. The van der Waals surface area contributed by atoms with Gasteiger partial charge in [-0.05, 0) is 49.1 Å². The van der Waals surface area contributed by atoms with Crippen LogP contribution in [0, 0.1) is 20.8 Å². The molecule has 1 aliphatic rings. The molecule has 1 N–H and O–H groups in total. The molecule has 2 aromatic carbocycles. The van der Waals surface area contributed by atoms with Crippen LogP contribution in [0.4, 0.5) is 5.69 Å². The number of nitrogens with one attached hydrogen (secondary N) is 1. The van der Waals surface area contributed by atoms with Gasteiger partial charge in [-0.3, -0.25) is 4.79 Å². The third-order valence-corrected chi connectivity index (χ3v) is 4.35. The minimum absolute atomic E-state index is 0.0810. The van der Waals surface area contributed by atoms with Gasteiger partial charge < -0.3 is 5.32 Å². The second-order valence-electron chi connectivity index (χ2n) is 6.08. The molecule has 21 heavy (non-hydrogen) atoms. The van der Waals surface area contributed by atoms with E-state index in [0.717, 1.165) is 12.1 Å². The summed E-state index contributed by atoms with van der Waals surface area (Å²) >= 11 is 0. The van der Waals surface area contributed by atoms with Crippen LogP contribution in [0.15, 0.2) is 36.4 Å². The molecule has 108 valence electrons. The maximum atomic E-state index is 12.6. The molecule has 0 amide bonds. The molecule has 0 saturated heterocycles. The molecule has 1 unspecified atom stereocenters. The average molecular weight is 279 g/mol. The number of aryl methyl sites for hydroxylation is 3. The molecule has 1 heterocycles. The van der Waals surface area contributed by atoms with Crippen molar-refractivity contribution in [2.24, 2.45) is 0 Å². The second kappa shape index (κ2) is 5.36. The van der Waals surface area contributed by atoms with Gasteiger partial charge in [0, 0.05) is 18.5 Å². The Bertz CT molecular complexity index is 654. The van der Waals surface area contributed by atoms with Crippen molar-refractivity contribution < 1.29 is 4.79 Å². The smallest absolute Gasteiger partial charge is 0.159 e. The molecular formula is C19H21NO. The summed E-state index contributed by atoms with van der Waals surface area (Å²) in [4.78, 5) is 12.6. The molecule has 2 aromatic rings. The highest BCUT2D eigenvalue weighted by Crippen LogP contribution is 2.27. The van der Waals surface area contributed by atoms with Crippen LogP contribution >= 0.6 is 0 Å². The van der Waals surface area contributed by atoms with Crippen LogP contribution in [0.3, 0.4) is 0 Å². The third-order valence-electron chi connectivity index (χ3n) is 4.35. The molecule has 2 heteroatoms. The molecule has 1 atom stereocenters. The zero-order chi connectivity index (χ0) is 15.0. The van der Waals surface area contributed by atoms with Crippen molar-refractivity contribution in [3.8, 4) is 0 Å². The van der Waals surface area contributed by atoms with Gasteiger partial charge in [-0.1, -0.05) is 35.9 Å². The van der Waals surface area contributed by atoms with Crippen LogP contribution in [0.2, 0.25) is 0 Å². The highest BCUT2D eigenvalue weighted by Gasteiger charge is 2.26. The number of hydrogen-bond acceptors (Lipinski definition) is 2. The zero-order valence-electron chi connectivity index (χ0n) is 12.9. The molecule has 0 bridgehead atoms. The number of fused-ring (bicyclic) bond motifs is 1. The van der Waals surface area contributed by atoms with E-state index >= 15 is 0 Å². The summed E-state index contributed by atoms with van der Waals surface area (Å²) in [5, 5.41) is 3.36. The Balaban J connectivity index is 1.77. The van der Waals surface area contributed by atoms with Gasteiger partial charge in [0.1, 0.15) is 0 Å². The topological polar surface area (TPSA) is 29.1 Å². The lowest BCUT2D eigenvalue weighted by molar-refractivity contribution is -0.119. The Morgan fingerprint density at radius 2 is 1.81 bits per heavy atom. The SMILES string of the molecule is Cc1cc(C)c(CC(=O)C2Cc3ccccc3N2)c(C)c1. The van der Waals surface area contributed by atoms with E-state index in [4.69, 9.17) is 0 Å². The first kappa shape index (κ1) is 13.9. The third kappa shape index (κ3) is 2.71. The minimum Gasteiger partial charge on any atom is -0.375 e. The van der Waals surface area contributed by atoms with Crippen LogP contribution in [-0.2, 0) is 17.6 Å². The highest BCUT2D eigenvalue weighted by atomic mass is 16.1. The molecule has 0 aromatic heterocycles. The largest absolute Gasteiger partial charge is 0.375 e. The number of rotatable bonds is 3. The van der Waals surface area contributed by atoms with Gasteiger partial charge in [-0.25, -0.2) is 0 Å². The first-order valence-corrected chi connectivity index (χ1v) is 7.48. The number of Topliss-reactive ketones (excluding diaryl/α,β-unsaturated/α-hetero) is 1. The maximum absolute atomic E-state index is 12.6. The zero-order valence-corrected chi connectivity index (χ0v) is 12.9. The van der Waals surface area contributed by atoms with Crippen molar-refractivity contribution in [1.82, 2.24) is 0 Å². The predicted octanol–water partition coefficient (Wildman–Crippen LogP) is 3.76. The lowest BCUT2D eigenvalue weighted by atomic mass is 9.93. The van der Waals surface area contributed by atoms with E-state index in [-0.39, 0.29) is 11.8 Å². The normalized spacial score (nSPS) is 16.4. The van der Waals surface area contributed by atoms with Gasteiger partial charge in [0.25, 0.3) is 0 Å². The van der Waals surface area contributed by atoms with Crippen molar-refractivity contribution in [2.75, 3.05) is 5.32 Å². The molecule has 0 spiro atoms. The molecule has 2 nitrogen and oxygen atoms in total. The fourth-order valence-electron chi connectivity index (χ4n) is 3.28. The molecule has 1 aliphatic heterocycles. The van der Waals surface area contributed by atoms with Gasteiger partial charge in [-0.15, -0.1) is 0 Å². The van der Waals surface area contributed by atoms with Gasteiger partial charge in [0.05, 0.1) is 6.04 Å². The number of carbonyl (C=O) groups is 1. The number of carbonyl (C=O) groups excluding carboxylic acids is 1. The number of ketones is 1. The van der Waals surface area contributed by atoms with E-state index < -0.39 is 0 Å². The Kier molecular flexibility index (Phi) is 3.54. The Morgan fingerprint density at radius 3 is 2.48 bits per heavy atom. The predicted molar refractivity (Wildman–Crippen MR) is 86.9 cm³/mol. The molecule has 3 rings (SSSR count). The van der Waals surface area contributed by atoms with Crippen LogP contribution in [-0.4, -0.2) is 11.8 Å². The number of benzene rings is 2. The van der Waals surface area contributed by atoms with Crippen molar-refractivity contribution >= 4 is 11.5 Å². The van der Waals surface area contributed by atoms with Crippen molar-refractivity contribution in [3.05, 3.63) is 64.2 Å². The maximum Gasteiger partial charge on any atom is 0.159 e. The summed E-state index contributed by atoms with van der Waals surface area (Å²) in [7, 11) is 0. The Hall–Kier alpha value is -2.09. The van der Waals surface area contributed by atoms with Crippen LogP contribution < -0.4 is 5.32 Å². The summed E-state index contributed by atoms with van der Waals surface area (Å²) in [6.07, 6.45) is 1.32. The van der Waals surface area contributed by atoms with Crippen LogP contribution in [0.1, 0.15) is 27.8 Å². The monoisotopic (exact) mass is 279 g/mol. The molecular weight excluding hydrogens is 258 g/mol. The molecule has 0 saturated carbocycles.